The molecule has 0 rings (SSSR count). The van der Waals surface area contributed by atoms with Gasteiger partial charge in [-0.1, -0.05) is 200 Å². The Morgan fingerprint density at radius 2 is 0.690 bits per heavy atom. The topological polar surface area (TPSA) is 63.6 Å². The zero-order valence-electron chi connectivity index (χ0n) is 28.6. The Morgan fingerprint density at radius 1 is 0.429 bits per heavy atom. The molecule has 42 heavy (non-hydrogen) atoms. The smallest absolute Gasteiger partial charge is 0.345 e. The molecule has 250 valence electrons. The summed E-state index contributed by atoms with van der Waals surface area (Å²) in [5, 5.41) is 9.47. The normalized spacial score (nSPS) is 12.0. The van der Waals surface area contributed by atoms with Crippen LogP contribution in [-0.4, -0.2) is 23.1 Å². The number of esters is 1. The van der Waals surface area contributed by atoms with E-state index in [4.69, 9.17) is 4.74 Å². The van der Waals surface area contributed by atoms with Crippen LogP contribution in [0.1, 0.15) is 226 Å². The van der Waals surface area contributed by atoms with Crippen molar-refractivity contribution in [2.45, 2.75) is 232 Å². The quantitative estimate of drug-likeness (QED) is 0.0585. The van der Waals surface area contributed by atoms with Gasteiger partial charge in [0.05, 0.1) is 0 Å². The van der Waals surface area contributed by atoms with Gasteiger partial charge in [-0.15, -0.1) is 0 Å². The molecule has 0 amide bonds. The van der Waals surface area contributed by atoms with Crippen molar-refractivity contribution in [3.05, 3.63) is 0 Å². The van der Waals surface area contributed by atoms with Crippen LogP contribution >= 0.6 is 0 Å². The second-order valence-corrected chi connectivity index (χ2v) is 13.1. The number of carbonyl (C=O) groups is 2. The summed E-state index contributed by atoms with van der Waals surface area (Å²) in [6.07, 6.45) is 40.0. The Kier molecular flexibility index (Phi) is 33.6. The first kappa shape index (κ1) is 40.9. The van der Waals surface area contributed by atoms with E-state index >= 15 is 0 Å². The van der Waals surface area contributed by atoms with Gasteiger partial charge in [0.15, 0.2) is 6.10 Å². The van der Waals surface area contributed by atoms with Crippen LogP contribution in [0.25, 0.3) is 0 Å². The molecule has 0 radical (unpaired) electrons. The molecule has 0 aromatic rings. The van der Waals surface area contributed by atoms with Gasteiger partial charge in [0.25, 0.3) is 0 Å². The lowest BCUT2D eigenvalue weighted by molar-refractivity contribution is -0.164. The molecule has 1 N–H and O–H groups in total. The third-order valence-electron chi connectivity index (χ3n) is 8.85. The molecule has 1 unspecified atom stereocenters. The highest BCUT2D eigenvalue weighted by Crippen LogP contribution is 2.17. The van der Waals surface area contributed by atoms with Crippen LogP contribution in [0.5, 0.6) is 0 Å². The van der Waals surface area contributed by atoms with Crippen molar-refractivity contribution in [3.63, 3.8) is 0 Å². The van der Waals surface area contributed by atoms with Gasteiger partial charge in [0.1, 0.15) is 0 Å². The molecular formula is C38H74O4. The first-order valence-electron chi connectivity index (χ1n) is 19.0. The molecule has 4 heteroatoms. The summed E-state index contributed by atoms with van der Waals surface area (Å²) in [6, 6.07) is 0. The molecule has 0 saturated heterocycles. The summed E-state index contributed by atoms with van der Waals surface area (Å²) >= 11 is 0. The molecule has 0 heterocycles. The van der Waals surface area contributed by atoms with Crippen molar-refractivity contribution >= 4 is 11.9 Å². The van der Waals surface area contributed by atoms with Crippen LogP contribution in [0.4, 0.5) is 0 Å². The van der Waals surface area contributed by atoms with Crippen molar-refractivity contribution in [2.24, 2.45) is 0 Å². The standard InChI is InChI=1S/C38H74O4/c1-3-5-7-9-11-13-15-17-18-19-20-21-23-24-26-28-30-32-34-36(38(40)41)42-37(39)35-33-31-29-27-25-22-16-14-12-10-8-6-4-2/h36H,3-35H2,1-2H3,(H,40,41). The van der Waals surface area contributed by atoms with Crippen molar-refractivity contribution in [1.82, 2.24) is 0 Å². The minimum atomic E-state index is -0.999. The van der Waals surface area contributed by atoms with E-state index in [1.807, 2.05) is 0 Å². The minimum absolute atomic E-state index is 0.340. The third kappa shape index (κ3) is 31.9. The van der Waals surface area contributed by atoms with Crippen molar-refractivity contribution in [1.29, 1.82) is 0 Å². The second kappa shape index (κ2) is 34.4. The van der Waals surface area contributed by atoms with Crippen LogP contribution in [0.15, 0.2) is 0 Å². The fraction of sp³-hybridized carbons (Fsp3) is 0.947. The highest BCUT2D eigenvalue weighted by Gasteiger charge is 2.21. The van der Waals surface area contributed by atoms with Gasteiger partial charge in [-0.2, -0.15) is 0 Å². The average molecular weight is 595 g/mol. The van der Waals surface area contributed by atoms with Crippen LogP contribution in [0, 0.1) is 0 Å². The molecule has 0 aromatic heterocycles. The largest absolute Gasteiger partial charge is 0.479 e. The minimum Gasteiger partial charge on any atom is -0.479 e. The summed E-state index contributed by atoms with van der Waals surface area (Å²) in [5.74, 6) is -1.34. The number of hydrogen-bond donors (Lipinski definition) is 1. The molecule has 0 aliphatic rings. The number of aliphatic carboxylic acids is 1. The molecule has 1 atom stereocenters. The summed E-state index contributed by atoms with van der Waals surface area (Å²) in [6.45, 7) is 4.54. The molecule has 0 saturated carbocycles. The van der Waals surface area contributed by atoms with Crippen LogP contribution < -0.4 is 0 Å². The Bertz CT molecular complexity index is 561. The lowest BCUT2D eigenvalue weighted by Crippen LogP contribution is -2.27. The van der Waals surface area contributed by atoms with Gasteiger partial charge in [-0.05, 0) is 19.3 Å². The van der Waals surface area contributed by atoms with E-state index in [2.05, 4.69) is 13.8 Å². The van der Waals surface area contributed by atoms with E-state index in [9.17, 15) is 14.7 Å². The van der Waals surface area contributed by atoms with Gasteiger partial charge >= 0.3 is 11.9 Å². The molecule has 4 nitrogen and oxygen atoms in total. The number of ether oxygens (including phenoxy) is 1. The maximum absolute atomic E-state index is 12.2. The Hall–Kier alpha value is -1.06. The zero-order valence-corrected chi connectivity index (χ0v) is 28.6. The van der Waals surface area contributed by atoms with Gasteiger partial charge in [0, 0.05) is 6.42 Å². The van der Waals surface area contributed by atoms with E-state index in [1.165, 1.54) is 161 Å². The lowest BCUT2D eigenvalue weighted by atomic mass is 10.0. The van der Waals surface area contributed by atoms with Crippen molar-refractivity contribution in [2.75, 3.05) is 0 Å². The van der Waals surface area contributed by atoms with E-state index in [1.54, 1.807) is 0 Å². The molecular weight excluding hydrogens is 520 g/mol. The van der Waals surface area contributed by atoms with Crippen molar-refractivity contribution in [3.8, 4) is 0 Å². The van der Waals surface area contributed by atoms with E-state index < -0.39 is 12.1 Å². The monoisotopic (exact) mass is 595 g/mol. The molecule has 0 fully saturated rings. The summed E-state index contributed by atoms with van der Waals surface area (Å²) < 4.78 is 5.31. The van der Waals surface area contributed by atoms with Crippen LogP contribution in [0.2, 0.25) is 0 Å². The first-order valence-corrected chi connectivity index (χ1v) is 19.0. The van der Waals surface area contributed by atoms with Crippen molar-refractivity contribution < 1.29 is 19.4 Å². The van der Waals surface area contributed by atoms with Gasteiger partial charge < -0.3 is 9.84 Å². The highest BCUT2D eigenvalue weighted by atomic mass is 16.6. The number of hydrogen-bond acceptors (Lipinski definition) is 3. The molecule has 0 aromatic carbocycles. The van der Waals surface area contributed by atoms with E-state index in [0.717, 1.165) is 38.5 Å². The van der Waals surface area contributed by atoms with Gasteiger partial charge in [-0.25, -0.2) is 4.79 Å². The van der Waals surface area contributed by atoms with Gasteiger partial charge in [-0.3, -0.25) is 4.79 Å². The average Bonchev–Trinajstić information content (AvgIpc) is 2.98. The summed E-state index contributed by atoms with van der Waals surface area (Å²) in [7, 11) is 0. The number of carboxylic acid groups (broad SMARTS) is 1. The fourth-order valence-electron chi connectivity index (χ4n) is 5.97. The second-order valence-electron chi connectivity index (χ2n) is 13.1. The Balaban J connectivity index is 3.49. The molecule has 0 aliphatic carbocycles. The first-order chi connectivity index (χ1) is 20.6. The number of carbonyl (C=O) groups excluding carboxylic acids is 1. The van der Waals surface area contributed by atoms with Gasteiger partial charge in [0.2, 0.25) is 0 Å². The number of carboxylic acids is 1. The molecule has 0 aliphatic heterocycles. The number of unbranched alkanes of at least 4 members (excludes halogenated alkanes) is 29. The summed E-state index contributed by atoms with van der Waals surface area (Å²) in [4.78, 5) is 23.7. The highest BCUT2D eigenvalue weighted by molar-refractivity contribution is 5.77. The maximum Gasteiger partial charge on any atom is 0.345 e. The number of rotatable bonds is 35. The Morgan fingerprint density at radius 3 is 0.976 bits per heavy atom. The fourth-order valence-corrected chi connectivity index (χ4v) is 5.97. The van der Waals surface area contributed by atoms with Crippen LogP contribution in [-0.2, 0) is 14.3 Å². The third-order valence-corrected chi connectivity index (χ3v) is 8.85. The predicted molar refractivity (Wildman–Crippen MR) is 181 cm³/mol. The molecule has 0 bridgehead atoms. The van der Waals surface area contributed by atoms with E-state index in [0.29, 0.717) is 12.8 Å². The maximum atomic E-state index is 12.2. The predicted octanol–water partition coefficient (Wildman–Crippen LogP) is 12.9. The summed E-state index contributed by atoms with van der Waals surface area (Å²) in [5.41, 5.74) is 0. The lowest BCUT2D eigenvalue weighted by Gasteiger charge is -2.13. The SMILES string of the molecule is CCCCCCCCCCCCCCCCCCCCC(OC(=O)CCCCCCCCCCCCCCC)C(=O)O. The van der Waals surface area contributed by atoms with E-state index in [-0.39, 0.29) is 5.97 Å². The Labute approximate surface area is 262 Å². The van der Waals surface area contributed by atoms with Crippen LogP contribution in [0.3, 0.4) is 0 Å². The zero-order chi connectivity index (χ0) is 30.8. The molecule has 0 spiro atoms.